The number of Topliss-reactive ketones (excluding diaryl/α,β-unsaturated/α-hetero) is 1. The average molecular weight is 253 g/mol. The first-order valence-corrected chi connectivity index (χ1v) is 5.86. The van der Waals surface area contributed by atoms with Crippen LogP contribution in [-0.4, -0.2) is 20.8 Å². The molecular weight excluding hydrogens is 242 g/mol. The zero-order chi connectivity index (χ0) is 13.1. The lowest BCUT2D eigenvalue weighted by molar-refractivity contribution is 0.0982. The molecule has 5 nitrogen and oxygen atoms in total. The number of benzene rings is 1. The Hall–Kier alpha value is -2.69. The van der Waals surface area contributed by atoms with Crippen LogP contribution in [-0.2, 0) is 6.42 Å². The molecule has 0 amide bonds. The Morgan fingerprint density at radius 1 is 1.16 bits per heavy atom. The molecule has 19 heavy (non-hydrogen) atoms. The van der Waals surface area contributed by atoms with E-state index in [9.17, 15) is 4.79 Å². The predicted octanol–water partition coefficient (Wildman–Crippen LogP) is 2.29. The second-order valence-corrected chi connectivity index (χ2v) is 4.03. The van der Waals surface area contributed by atoms with Crippen LogP contribution < -0.4 is 0 Å². The highest BCUT2D eigenvalue weighted by atomic mass is 16.3. The fourth-order valence-corrected chi connectivity index (χ4v) is 1.74. The quantitative estimate of drug-likeness (QED) is 0.669. The maximum absolute atomic E-state index is 12.0. The van der Waals surface area contributed by atoms with Crippen molar-refractivity contribution in [2.45, 2.75) is 6.42 Å². The Morgan fingerprint density at radius 2 is 2.00 bits per heavy atom. The minimum atomic E-state index is -0.114. The largest absolute Gasteiger partial charge is 0.469 e. The number of rotatable bonds is 4. The Bertz CT molecular complexity index is 672. The number of furan rings is 1. The van der Waals surface area contributed by atoms with Gasteiger partial charge in [0.2, 0.25) is 0 Å². The summed E-state index contributed by atoms with van der Waals surface area (Å²) in [6.45, 7) is 0. The number of hydrogen-bond donors (Lipinski definition) is 0. The molecule has 94 valence electrons. The first-order valence-electron chi connectivity index (χ1n) is 5.86. The molecule has 0 aliphatic heterocycles. The van der Waals surface area contributed by atoms with Gasteiger partial charge in [0.15, 0.2) is 5.78 Å². The van der Waals surface area contributed by atoms with Crippen LogP contribution in [0.1, 0.15) is 16.2 Å². The summed E-state index contributed by atoms with van der Waals surface area (Å²) in [6, 6.07) is 13.0. The summed E-state index contributed by atoms with van der Waals surface area (Å²) in [5.41, 5.74) is 1.15. The number of hydrogen-bond acceptors (Lipinski definition) is 4. The number of carbonyl (C=O) groups excluding carboxylic acids is 1. The number of ketones is 1. The smallest absolute Gasteiger partial charge is 0.192 e. The molecule has 0 saturated carbocycles. The summed E-state index contributed by atoms with van der Waals surface area (Å²) in [6.07, 6.45) is 3.21. The topological polar surface area (TPSA) is 60.9 Å². The lowest BCUT2D eigenvalue weighted by atomic mass is 10.2. The number of para-hydroxylation sites is 1. The normalized spacial score (nSPS) is 10.5. The average Bonchev–Trinajstić information content (AvgIpc) is 3.10. The summed E-state index contributed by atoms with van der Waals surface area (Å²) < 4.78 is 5.14. The van der Waals surface area contributed by atoms with Gasteiger partial charge >= 0.3 is 0 Å². The second-order valence-electron chi connectivity index (χ2n) is 4.03. The van der Waals surface area contributed by atoms with Crippen molar-refractivity contribution in [3.05, 3.63) is 66.4 Å². The lowest BCUT2D eigenvalue weighted by Gasteiger charge is -1.97. The highest BCUT2D eigenvalue weighted by Crippen LogP contribution is 2.08. The number of nitrogens with zero attached hydrogens (tertiary/aromatic N) is 3. The highest BCUT2D eigenvalue weighted by molar-refractivity contribution is 5.95. The van der Waals surface area contributed by atoms with Crippen molar-refractivity contribution in [1.29, 1.82) is 0 Å². The van der Waals surface area contributed by atoms with Crippen molar-refractivity contribution in [3.63, 3.8) is 0 Å². The molecule has 0 aliphatic carbocycles. The van der Waals surface area contributed by atoms with Gasteiger partial charge in [-0.25, -0.2) is 0 Å². The number of carbonyl (C=O) groups is 1. The molecule has 0 spiro atoms. The van der Waals surface area contributed by atoms with Crippen LogP contribution in [0.2, 0.25) is 0 Å². The van der Waals surface area contributed by atoms with Crippen molar-refractivity contribution in [2.24, 2.45) is 0 Å². The molecule has 0 unspecified atom stereocenters. The molecule has 3 aromatic rings. The molecule has 2 aromatic heterocycles. The first-order chi connectivity index (χ1) is 9.33. The van der Waals surface area contributed by atoms with Crippen LogP contribution in [0.4, 0.5) is 0 Å². The van der Waals surface area contributed by atoms with E-state index in [0.717, 1.165) is 5.69 Å². The Kier molecular flexibility index (Phi) is 2.94. The van der Waals surface area contributed by atoms with Crippen molar-refractivity contribution < 1.29 is 9.21 Å². The van der Waals surface area contributed by atoms with Crippen molar-refractivity contribution in [3.8, 4) is 5.69 Å². The van der Waals surface area contributed by atoms with E-state index < -0.39 is 0 Å². The monoisotopic (exact) mass is 253 g/mol. The Balaban J connectivity index is 1.80. The van der Waals surface area contributed by atoms with Gasteiger partial charge in [0.1, 0.15) is 11.5 Å². The van der Waals surface area contributed by atoms with Crippen LogP contribution in [0.25, 0.3) is 5.69 Å². The van der Waals surface area contributed by atoms with Crippen LogP contribution in [0.5, 0.6) is 0 Å². The van der Waals surface area contributed by atoms with Gasteiger partial charge in [-0.3, -0.25) is 4.79 Å². The molecule has 0 radical (unpaired) electrons. The van der Waals surface area contributed by atoms with Gasteiger partial charge in [0, 0.05) is 0 Å². The van der Waals surface area contributed by atoms with Crippen LogP contribution in [0.3, 0.4) is 0 Å². The van der Waals surface area contributed by atoms with Crippen LogP contribution >= 0.6 is 0 Å². The van der Waals surface area contributed by atoms with Gasteiger partial charge in [-0.1, -0.05) is 18.2 Å². The van der Waals surface area contributed by atoms with E-state index in [1.807, 2.05) is 30.3 Å². The lowest BCUT2D eigenvalue weighted by Crippen LogP contribution is -2.05. The third kappa shape index (κ3) is 2.44. The molecule has 5 heteroatoms. The molecule has 0 fully saturated rings. The van der Waals surface area contributed by atoms with Crippen molar-refractivity contribution in [1.82, 2.24) is 15.0 Å². The summed E-state index contributed by atoms with van der Waals surface area (Å²) >= 11 is 0. The van der Waals surface area contributed by atoms with Gasteiger partial charge in [-0.05, 0) is 24.3 Å². The zero-order valence-electron chi connectivity index (χ0n) is 10.1. The summed E-state index contributed by atoms with van der Waals surface area (Å²) in [5, 5.41) is 8.27. The fourth-order valence-electron chi connectivity index (χ4n) is 1.74. The summed E-state index contributed by atoms with van der Waals surface area (Å²) in [7, 11) is 0. The van der Waals surface area contributed by atoms with E-state index in [2.05, 4.69) is 10.2 Å². The van der Waals surface area contributed by atoms with Crippen molar-refractivity contribution >= 4 is 5.78 Å². The molecule has 0 aliphatic rings. The molecule has 1 aromatic carbocycles. The molecule has 0 bridgehead atoms. The van der Waals surface area contributed by atoms with Gasteiger partial charge < -0.3 is 4.42 Å². The second kappa shape index (κ2) is 4.89. The maximum Gasteiger partial charge on any atom is 0.192 e. The SMILES string of the molecule is O=C(Cc1ccco1)c1cnn(-c2ccccc2)n1. The molecular formula is C14H11N3O2. The summed E-state index contributed by atoms with van der Waals surface area (Å²) in [4.78, 5) is 13.4. The highest BCUT2D eigenvalue weighted by Gasteiger charge is 2.13. The van der Waals surface area contributed by atoms with Gasteiger partial charge in [0.05, 0.1) is 24.6 Å². The van der Waals surface area contributed by atoms with E-state index in [1.54, 1.807) is 18.4 Å². The van der Waals surface area contributed by atoms with Crippen molar-refractivity contribution in [2.75, 3.05) is 0 Å². The fraction of sp³-hybridized carbons (Fsp3) is 0.0714. The minimum Gasteiger partial charge on any atom is -0.469 e. The van der Waals surface area contributed by atoms with E-state index >= 15 is 0 Å². The minimum absolute atomic E-state index is 0.114. The molecule has 0 saturated heterocycles. The first kappa shape index (κ1) is 11.4. The third-order valence-corrected chi connectivity index (χ3v) is 2.68. The third-order valence-electron chi connectivity index (χ3n) is 2.68. The molecule has 3 rings (SSSR count). The van der Waals surface area contributed by atoms with E-state index in [4.69, 9.17) is 4.42 Å². The predicted molar refractivity (Wildman–Crippen MR) is 68.1 cm³/mol. The van der Waals surface area contributed by atoms with Gasteiger partial charge in [0.25, 0.3) is 0 Å². The summed E-state index contributed by atoms with van der Waals surface area (Å²) in [5.74, 6) is 0.511. The van der Waals surface area contributed by atoms with E-state index in [-0.39, 0.29) is 12.2 Å². The molecule has 2 heterocycles. The molecule has 0 atom stereocenters. The Labute approximate surface area is 109 Å². The Morgan fingerprint density at radius 3 is 2.74 bits per heavy atom. The van der Waals surface area contributed by atoms with E-state index in [1.165, 1.54) is 11.0 Å². The maximum atomic E-state index is 12.0. The zero-order valence-corrected chi connectivity index (χ0v) is 10.1. The van der Waals surface area contributed by atoms with Gasteiger partial charge in [-0.15, -0.1) is 5.10 Å². The standard InChI is InChI=1S/C14H11N3O2/c18-14(9-12-7-4-8-19-12)13-10-15-17(16-13)11-5-2-1-3-6-11/h1-8,10H,9H2. The van der Waals surface area contributed by atoms with Crippen LogP contribution in [0.15, 0.2) is 59.3 Å². The van der Waals surface area contributed by atoms with Crippen LogP contribution in [0, 0.1) is 0 Å². The van der Waals surface area contributed by atoms with Gasteiger partial charge in [-0.2, -0.15) is 9.90 Å². The number of aromatic nitrogens is 3. The molecule has 0 N–H and O–H groups in total. The van der Waals surface area contributed by atoms with E-state index in [0.29, 0.717) is 11.5 Å².